The fraction of sp³-hybridized carbons (Fsp3) is 0.500. The van der Waals surface area contributed by atoms with Crippen molar-refractivity contribution < 1.29 is 50.9 Å². The Morgan fingerprint density at radius 1 is 1.02 bits per heavy atom. The zero-order valence-corrected chi connectivity index (χ0v) is 30.4. The van der Waals surface area contributed by atoms with Crippen LogP contribution in [0, 0.1) is 17.2 Å². The van der Waals surface area contributed by atoms with Crippen LogP contribution in [0.25, 0.3) is 0 Å². The van der Waals surface area contributed by atoms with E-state index in [0.717, 1.165) is 28.6 Å². The van der Waals surface area contributed by atoms with Gasteiger partial charge in [-0.1, -0.05) is 37.6 Å². The second-order valence-corrected chi connectivity index (χ2v) is 14.4. The first kappa shape index (κ1) is 42.1. The molecular formula is C38H42F6N4O5S. The highest BCUT2D eigenvalue weighted by Crippen LogP contribution is 2.40. The topological polar surface area (TPSA) is 135 Å². The van der Waals surface area contributed by atoms with Gasteiger partial charge in [0.15, 0.2) is 0 Å². The molecule has 2 aliphatic rings. The van der Waals surface area contributed by atoms with Crippen LogP contribution in [0.5, 0.6) is 5.75 Å². The number of amides is 2. The van der Waals surface area contributed by atoms with Gasteiger partial charge in [0.25, 0.3) is 5.91 Å². The summed E-state index contributed by atoms with van der Waals surface area (Å²) in [7, 11) is 0. The van der Waals surface area contributed by atoms with E-state index in [0.29, 0.717) is 88.3 Å². The van der Waals surface area contributed by atoms with Crippen molar-refractivity contribution in [3.8, 4) is 11.8 Å². The van der Waals surface area contributed by atoms with Crippen LogP contribution in [0.2, 0.25) is 0 Å². The quantitative estimate of drug-likeness (QED) is 0.156. The summed E-state index contributed by atoms with van der Waals surface area (Å²) >= 11 is 0.481. The van der Waals surface area contributed by atoms with E-state index in [9.17, 15) is 46.0 Å². The molecule has 16 heteroatoms. The van der Waals surface area contributed by atoms with Gasteiger partial charge in [-0.05, 0) is 74.6 Å². The lowest BCUT2D eigenvalue weighted by atomic mass is 9.71. The summed E-state index contributed by atoms with van der Waals surface area (Å²) in [5.41, 5.74) is -0.590. The second kappa shape index (κ2) is 18.1. The van der Waals surface area contributed by atoms with Gasteiger partial charge in [0.1, 0.15) is 16.3 Å². The number of rotatable bonds is 10. The molecular weight excluding hydrogens is 738 g/mol. The number of nitrogens with zero attached hydrogens (tertiary/aromatic N) is 4. The number of hydrogen-bond donors (Lipinski definition) is 2. The molecule has 2 fully saturated rings. The normalized spacial score (nSPS) is 18.6. The first-order valence-electron chi connectivity index (χ1n) is 17.7. The number of alkyl halides is 6. The zero-order chi connectivity index (χ0) is 39.7. The van der Waals surface area contributed by atoms with E-state index in [-0.39, 0.29) is 24.6 Å². The number of aliphatic carboxylic acids is 1. The van der Waals surface area contributed by atoms with Crippen LogP contribution in [0.3, 0.4) is 0 Å². The highest BCUT2D eigenvalue weighted by molar-refractivity contribution is 7.10. The van der Waals surface area contributed by atoms with Crippen LogP contribution in [0.15, 0.2) is 54.0 Å². The zero-order valence-electron chi connectivity index (χ0n) is 29.6. The SMILES string of the molecule is CCCC1C(C(=O)N2CCC(C#N)(c3ccccc3CCCCC(=O)O)CC2)CCCN1C(=O)c1ncccc1C(F)(F)F.Oc1csc(C(F)(F)F)c1. The van der Waals surface area contributed by atoms with Gasteiger partial charge in [-0.15, -0.1) is 11.3 Å². The number of aromatic nitrogens is 1. The third-order valence-electron chi connectivity index (χ3n) is 9.88. The maximum absolute atomic E-state index is 14.0. The number of benzene rings is 1. The number of carboxylic acid groups (broad SMARTS) is 1. The number of pyridine rings is 1. The Kier molecular flexibility index (Phi) is 14.1. The molecule has 4 heterocycles. The summed E-state index contributed by atoms with van der Waals surface area (Å²) in [6, 6.07) is 12.4. The molecule has 3 aromatic rings. The number of carboxylic acids is 1. The minimum absolute atomic E-state index is 0.0944. The third kappa shape index (κ3) is 10.3. The fourth-order valence-corrected chi connectivity index (χ4v) is 7.89. The van der Waals surface area contributed by atoms with Crippen LogP contribution in [0.4, 0.5) is 26.3 Å². The monoisotopic (exact) mass is 780 g/mol. The number of carbonyl (C=O) groups is 3. The molecule has 2 saturated heterocycles. The summed E-state index contributed by atoms with van der Waals surface area (Å²) in [6.07, 6.45) is -2.91. The summed E-state index contributed by atoms with van der Waals surface area (Å²) in [4.78, 5) is 44.6. The Morgan fingerprint density at radius 3 is 2.30 bits per heavy atom. The number of likely N-dealkylation sites (tertiary alicyclic amines) is 2. The van der Waals surface area contributed by atoms with Gasteiger partial charge in [-0.2, -0.15) is 31.6 Å². The number of halogens is 6. The van der Waals surface area contributed by atoms with Crippen molar-refractivity contribution in [3.05, 3.63) is 81.3 Å². The largest absolute Gasteiger partial charge is 0.507 e. The maximum Gasteiger partial charge on any atom is 0.425 e. The predicted molar refractivity (Wildman–Crippen MR) is 187 cm³/mol. The number of thiophene rings is 1. The van der Waals surface area contributed by atoms with Crippen molar-refractivity contribution in [2.24, 2.45) is 5.92 Å². The maximum atomic E-state index is 14.0. The molecule has 2 N–H and O–H groups in total. The predicted octanol–water partition coefficient (Wildman–Crippen LogP) is 8.48. The van der Waals surface area contributed by atoms with Crippen LogP contribution in [0.1, 0.15) is 96.8 Å². The molecule has 0 radical (unpaired) electrons. The molecule has 2 atom stereocenters. The number of unbranched alkanes of at least 4 members (excludes halogenated alkanes) is 1. The average Bonchev–Trinajstić information content (AvgIpc) is 3.60. The van der Waals surface area contributed by atoms with Gasteiger partial charge in [0, 0.05) is 49.7 Å². The van der Waals surface area contributed by atoms with Crippen molar-refractivity contribution in [3.63, 3.8) is 0 Å². The number of nitriles is 1. The highest BCUT2D eigenvalue weighted by atomic mass is 32.1. The molecule has 292 valence electrons. The Bertz CT molecular complexity index is 1800. The lowest BCUT2D eigenvalue weighted by molar-refractivity contribution is -0.141. The van der Waals surface area contributed by atoms with E-state index in [4.69, 9.17) is 10.2 Å². The molecule has 0 spiro atoms. The van der Waals surface area contributed by atoms with Gasteiger partial charge in [0.2, 0.25) is 5.91 Å². The lowest BCUT2D eigenvalue weighted by Gasteiger charge is -2.44. The fourth-order valence-electron chi connectivity index (χ4n) is 7.25. The van der Waals surface area contributed by atoms with Gasteiger partial charge >= 0.3 is 18.3 Å². The minimum atomic E-state index is -4.73. The Balaban J connectivity index is 0.000000562. The summed E-state index contributed by atoms with van der Waals surface area (Å²) in [6.45, 7) is 2.87. The molecule has 2 aromatic heterocycles. The van der Waals surface area contributed by atoms with E-state index in [2.05, 4.69) is 11.1 Å². The van der Waals surface area contributed by atoms with E-state index in [1.807, 2.05) is 31.2 Å². The molecule has 2 aliphatic heterocycles. The number of carbonyl (C=O) groups excluding carboxylic acids is 2. The van der Waals surface area contributed by atoms with Gasteiger partial charge in [0.05, 0.1) is 23.0 Å². The van der Waals surface area contributed by atoms with Crippen LogP contribution in [-0.4, -0.2) is 68.5 Å². The lowest BCUT2D eigenvalue weighted by Crippen LogP contribution is -2.55. The summed E-state index contributed by atoms with van der Waals surface area (Å²) in [5.74, 6) is -2.67. The molecule has 0 saturated carbocycles. The molecule has 9 nitrogen and oxygen atoms in total. The van der Waals surface area contributed by atoms with Gasteiger partial charge in [-0.25, -0.2) is 0 Å². The Hall–Kier alpha value is -4.65. The molecule has 54 heavy (non-hydrogen) atoms. The smallest absolute Gasteiger partial charge is 0.425 e. The molecule has 1 aromatic carbocycles. The molecule has 0 aliphatic carbocycles. The van der Waals surface area contributed by atoms with Crippen molar-refractivity contribution >= 4 is 29.1 Å². The van der Waals surface area contributed by atoms with Crippen molar-refractivity contribution in [2.45, 2.75) is 94.9 Å². The van der Waals surface area contributed by atoms with E-state index >= 15 is 0 Å². The first-order valence-corrected chi connectivity index (χ1v) is 18.6. The standard InChI is InChI=1S/C33H39F3N4O4.C5H3F3OS/c1-2-9-27-24(12-8-19-40(27)31(44)29-26(33(34,35)36)14-7-18-38-29)30(43)39-20-16-32(22-37,17-21-39)25-13-5-3-10-23(25)11-4-6-15-28(41)42;6-5(7,8)4-1-3(9)2-10-4/h3,5,7,10,13-14,18,24,27H,2,4,6,8-9,11-12,15-17,19-21H2,1H3,(H,41,42);1-2,9H. The number of aryl methyl sites for hydroxylation is 1. The van der Waals surface area contributed by atoms with Crippen molar-refractivity contribution in [1.29, 1.82) is 5.26 Å². The number of piperidine rings is 2. The summed E-state index contributed by atoms with van der Waals surface area (Å²) < 4.78 is 76.2. The third-order valence-corrected chi connectivity index (χ3v) is 10.8. The second-order valence-electron chi connectivity index (χ2n) is 13.4. The van der Waals surface area contributed by atoms with Crippen LogP contribution < -0.4 is 0 Å². The Labute approximate surface area is 313 Å². The van der Waals surface area contributed by atoms with Crippen LogP contribution >= 0.6 is 11.3 Å². The number of hydrogen-bond acceptors (Lipinski definition) is 7. The molecule has 5 rings (SSSR count). The molecule has 0 bridgehead atoms. The Morgan fingerprint density at radius 2 is 1.72 bits per heavy atom. The van der Waals surface area contributed by atoms with Crippen LogP contribution in [-0.2, 0) is 33.8 Å². The average molecular weight is 781 g/mol. The van der Waals surface area contributed by atoms with E-state index in [1.54, 1.807) is 4.90 Å². The number of aromatic hydroxyl groups is 1. The molecule has 2 amide bonds. The van der Waals surface area contributed by atoms with Gasteiger partial charge in [-0.3, -0.25) is 19.4 Å². The first-order chi connectivity index (χ1) is 25.5. The molecule has 2 unspecified atom stereocenters. The minimum Gasteiger partial charge on any atom is -0.507 e. The van der Waals surface area contributed by atoms with Gasteiger partial charge < -0.3 is 20.0 Å². The van der Waals surface area contributed by atoms with Crippen molar-refractivity contribution in [2.75, 3.05) is 19.6 Å². The highest BCUT2D eigenvalue weighted by Gasteiger charge is 2.45. The van der Waals surface area contributed by atoms with Crippen molar-refractivity contribution in [1.82, 2.24) is 14.8 Å². The van der Waals surface area contributed by atoms with E-state index < -0.39 is 57.7 Å². The van der Waals surface area contributed by atoms with E-state index in [1.165, 1.54) is 11.1 Å². The summed E-state index contributed by atoms with van der Waals surface area (Å²) in [5, 5.41) is 28.9.